The van der Waals surface area contributed by atoms with E-state index in [2.05, 4.69) is 11.6 Å². The van der Waals surface area contributed by atoms with Crippen LogP contribution < -0.4 is 0 Å². The van der Waals surface area contributed by atoms with Crippen molar-refractivity contribution in [2.24, 2.45) is 0 Å². The topological polar surface area (TPSA) is 70.6 Å². The minimum atomic E-state index is -0.794. The highest BCUT2D eigenvalue weighted by atomic mass is 32.1. The Morgan fingerprint density at radius 3 is 2.57 bits per heavy atom. The molecular weight excluding hydrogens is 314 g/mol. The first-order valence-corrected chi connectivity index (χ1v) is 8.72. The molecular formula is C16H19N3O3S. The molecule has 1 aromatic rings. The average molecular weight is 333 g/mol. The van der Waals surface area contributed by atoms with Crippen LogP contribution in [0.1, 0.15) is 48.7 Å². The van der Waals surface area contributed by atoms with Crippen LogP contribution in [0.4, 0.5) is 4.79 Å². The molecule has 0 atom stereocenters. The van der Waals surface area contributed by atoms with E-state index in [-0.39, 0.29) is 13.1 Å². The molecule has 1 aliphatic heterocycles. The average Bonchev–Trinajstić information content (AvgIpc) is 3.11. The van der Waals surface area contributed by atoms with Gasteiger partial charge in [-0.2, -0.15) is 0 Å². The number of carbonyl (C=O) groups is 3. The van der Waals surface area contributed by atoms with E-state index in [0.717, 1.165) is 27.6 Å². The molecule has 2 fully saturated rings. The van der Waals surface area contributed by atoms with E-state index in [1.54, 1.807) is 11.3 Å². The highest BCUT2D eigenvalue weighted by Gasteiger charge is 2.44. The van der Waals surface area contributed by atoms with E-state index in [0.29, 0.717) is 11.6 Å². The number of imide groups is 2. The van der Waals surface area contributed by atoms with Crippen LogP contribution >= 0.6 is 11.3 Å². The lowest BCUT2D eigenvalue weighted by atomic mass is 9.90. The van der Waals surface area contributed by atoms with E-state index in [1.807, 2.05) is 5.38 Å². The van der Waals surface area contributed by atoms with Gasteiger partial charge in [-0.1, -0.05) is 25.3 Å². The number of thiazole rings is 1. The summed E-state index contributed by atoms with van der Waals surface area (Å²) in [6.07, 6.45) is 7.48. The summed E-state index contributed by atoms with van der Waals surface area (Å²) in [6, 6.07) is -0.591. The number of urea groups is 1. The third-order valence-electron chi connectivity index (χ3n) is 4.29. The molecule has 0 N–H and O–H groups in total. The van der Waals surface area contributed by atoms with Gasteiger partial charge in [0.05, 0.1) is 17.2 Å². The Balaban J connectivity index is 1.70. The maximum atomic E-state index is 12.2. The van der Waals surface area contributed by atoms with Crippen LogP contribution in [0.2, 0.25) is 0 Å². The quantitative estimate of drug-likeness (QED) is 0.472. The lowest BCUT2D eigenvalue weighted by Crippen LogP contribution is -2.33. The second kappa shape index (κ2) is 6.62. The van der Waals surface area contributed by atoms with Crippen LogP contribution in [0.3, 0.4) is 0 Å². The van der Waals surface area contributed by atoms with Crippen molar-refractivity contribution >= 4 is 29.2 Å². The van der Waals surface area contributed by atoms with Crippen molar-refractivity contribution in [2.75, 3.05) is 6.54 Å². The van der Waals surface area contributed by atoms with Gasteiger partial charge in [-0.15, -0.1) is 17.9 Å². The molecule has 0 bridgehead atoms. The van der Waals surface area contributed by atoms with Crippen molar-refractivity contribution in [3.8, 4) is 0 Å². The first-order chi connectivity index (χ1) is 11.1. The van der Waals surface area contributed by atoms with Crippen molar-refractivity contribution in [1.82, 2.24) is 14.8 Å². The normalized spacial score (nSPS) is 19.7. The Hall–Kier alpha value is -2.02. The van der Waals surface area contributed by atoms with Crippen LogP contribution in [0.25, 0.3) is 0 Å². The van der Waals surface area contributed by atoms with Crippen molar-refractivity contribution < 1.29 is 14.4 Å². The van der Waals surface area contributed by atoms with Crippen LogP contribution in [0.5, 0.6) is 0 Å². The van der Waals surface area contributed by atoms with Gasteiger partial charge in [0.1, 0.15) is 0 Å². The van der Waals surface area contributed by atoms with Crippen LogP contribution in [0.15, 0.2) is 18.0 Å². The van der Waals surface area contributed by atoms with Gasteiger partial charge in [0.2, 0.25) is 0 Å². The van der Waals surface area contributed by atoms with Crippen molar-refractivity contribution in [1.29, 1.82) is 0 Å². The van der Waals surface area contributed by atoms with Crippen LogP contribution in [0, 0.1) is 0 Å². The van der Waals surface area contributed by atoms with Gasteiger partial charge in [0.15, 0.2) is 0 Å². The third kappa shape index (κ3) is 3.06. The van der Waals surface area contributed by atoms with Gasteiger partial charge in [-0.3, -0.25) is 14.5 Å². The standard InChI is InChI=1S/C16H19N3O3S/c1-2-8-18-14(20)15(21)19(16(18)22)9-12-10-23-13(17-12)11-6-4-3-5-7-11/h2,10-11H,1,3-9H2. The zero-order valence-corrected chi connectivity index (χ0v) is 13.7. The predicted octanol–water partition coefficient (Wildman–Crippen LogP) is 2.67. The van der Waals surface area contributed by atoms with Crippen molar-refractivity contribution in [3.63, 3.8) is 0 Å². The number of nitrogens with zero attached hydrogens (tertiary/aromatic N) is 3. The Morgan fingerprint density at radius 1 is 1.17 bits per heavy atom. The summed E-state index contributed by atoms with van der Waals surface area (Å²) < 4.78 is 0. The molecule has 0 unspecified atom stereocenters. The van der Waals surface area contributed by atoms with Gasteiger partial charge in [-0.05, 0) is 12.8 Å². The first-order valence-electron chi connectivity index (χ1n) is 7.84. The lowest BCUT2D eigenvalue weighted by molar-refractivity contribution is -0.143. The largest absolute Gasteiger partial charge is 0.334 e. The second-order valence-electron chi connectivity index (χ2n) is 5.89. The highest BCUT2D eigenvalue weighted by molar-refractivity contribution is 7.09. The lowest BCUT2D eigenvalue weighted by Gasteiger charge is -2.19. The fourth-order valence-electron chi connectivity index (χ4n) is 3.07. The molecule has 0 aromatic carbocycles. The summed E-state index contributed by atoms with van der Waals surface area (Å²) >= 11 is 1.58. The van der Waals surface area contributed by atoms with Crippen LogP contribution in [-0.2, 0) is 16.1 Å². The zero-order chi connectivity index (χ0) is 16.4. The van der Waals surface area contributed by atoms with Crippen molar-refractivity contribution in [3.05, 3.63) is 28.7 Å². The van der Waals surface area contributed by atoms with E-state index < -0.39 is 17.8 Å². The molecule has 2 heterocycles. The van der Waals surface area contributed by atoms with Gasteiger partial charge in [0, 0.05) is 17.8 Å². The second-order valence-corrected chi connectivity index (χ2v) is 6.78. The maximum absolute atomic E-state index is 12.2. The SMILES string of the molecule is C=CCN1C(=O)C(=O)N(Cc2csc(C3CCCCC3)n2)C1=O. The highest BCUT2D eigenvalue weighted by Crippen LogP contribution is 2.34. The summed E-state index contributed by atoms with van der Waals surface area (Å²) in [6.45, 7) is 3.60. The van der Waals surface area contributed by atoms with Gasteiger partial charge < -0.3 is 0 Å². The molecule has 0 spiro atoms. The maximum Gasteiger partial charge on any atom is 0.334 e. The predicted molar refractivity (Wildman–Crippen MR) is 85.8 cm³/mol. The van der Waals surface area contributed by atoms with E-state index >= 15 is 0 Å². The Morgan fingerprint density at radius 2 is 1.87 bits per heavy atom. The van der Waals surface area contributed by atoms with Gasteiger partial charge in [-0.25, -0.2) is 14.7 Å². The molecule has 23 heavy (non-hydrogen) atoms. The number of rotatable bonds is 5. The number of aromatic nitrogens is 1. The molecule has 1 saturated heterocycles. The fourth-order valence-corrected chi connectivity index (χ4v) is 4.06. The summed E-state index contributed by atoms with van der Waals surface area (Å²) in [5.74, 6) is -1.09. The zero-order valence-electron chi connectivity index (χ0n) is 12.9. The Kier molecular flexibility index (Phi) is 4.56. The summed E-state index contributed by atoms with van der Waals surface area (Å²) in [5.41, 5.74) is 0.672. The molecule has 1 aromatic heterocycles. The van der Waals surface area contributed by atoms with Gasteiger partial charge >= 0.3 is 17.8 Å². The Bertz CT molecular complexity index is 649. The monoisotopic (exact) mass is 333 g/mol. The molecule has 4 amide bonds. The molecule has 2 aliphatic rings. The number of hydrogen-bond donors (Lipinski definition) is 0. The molecule has 1 aliphatic carbocycles. The number of amides is 4. The Labute approximate surface area is 138 Å². The fraction of sp³-hybridized carbons (Fsp3) is 0.500. The molecule has 122 valence electrons. The summed E-state index contributed by atoms with van der Waals surface area (Å²) in [7, 11) is 0. The third-order valence-corrected chi connectivity index (χ3v) is 5.35. The van der Waals surface area contributed by atoms with E-state index in [9.17, 15) is 14.4 Å². The summed E-state index contributed by atoms with van der Waals surface area (Å²) in [4.78, 5) is 42.4. The van der Waals surface area contributed by atoms with Crippen LogP contribution in [-0.4, -0.2) is 39.2 Å². The molecule has 0 radical (unpaired) electrons. The van der Waals surface area contributed by atoms with Crippen molar-refractivity contribution in [2.45, 2.75) is 44.6 Å². The number of carbonyl (C=O) groups excluding carboxylic acids is 3. The number of hydrogen-bond acceptors (Lipinski definition) is 5. The molecule has 1 saturated carbocycles. The summed E-state index contributed by atoms with van der Waals surface area (Å²) in [5, 5.41) is 2.96. The first kappa shape index (κ1) is 15.9. The van der Waals surface area contributed by atoms with E-state index in [4.69, 9.17) is 0 Å². The molecule has 6 nitrogen and oxygen atoms in total. The minimum Gasteiger partial charge on any atom is -0.263 e. The van der Waals surface area contributed by atoms with E-state index in [1.165, 1.54) is 25.3 Å². The molecule has 7 heteroatoms. The smallest absolute Gasteiger partial charge is 0.263 e. The minimum absolute atomic E-state index is 0.0459. The molecule has 3 rings (SSSR count). The van der Waals surface area contributed by atoms with Gasteiger partial charge in [0.25, 0.3) is 0 Å².